The first-order chi connectivity index (χ1) is 14.6. The van der Waals surface area contributed by atoms with Gasteiger partial charge in [0, 0.05) is 18.7 Å². The smallest absolute Gasteiger partial charge is 0.415 e. The summed E-state index contributed by atoms with van der Waals surface area (Å²) < 4.78 is 42.8. The molecular formula is C19H22FN3O7. The fraction of sp³-hybridized carbons (Fsp3) is 0.526. The minimum Gasteiger partial charge on any atom is -0.447 e. The number of hydrogen-bond acceptors (Lipinski definition) is 9. The van der Waals surface area contributed by atoms with Crippen molar-refractivity contribution in [1.82, 2.24) is 5.16 Å². The topological polar surface area (TPSA) is 104 Å². The standard InChI is InChI=1S/C18H20FN3O6.CH2O/c1-10-9-21(2-4-24-10)14-11(17-25-6-7-26-17)8-12-15(13(14)19)28-20-16(12)22-3-5-27-18(22)23;1-2/h8,10,17H,2-7,9H2,1H3;1H2. The molecule has 3 aliphatic heterocycles. The molecule has 11 heteroatoms. The van der Waals surface area contributed by atoms with E-state index in [4.69, 9.17) is 28.3 Å². The molecule has 0 aliphatic carbocycles. The zero-order chi connectivity index (χ0) is 21.3. The Hall–Kier alpha value is -2.76. The van der Waals surface area contributed by atoms with Gasteiger partial charge in [0.15, 0.2) is 17.9 Å². The number of carbonyl (C=O) groups excluding carboxylic acids is 2. The predicted octanol–water partition coefficient (Wildman–Crippen LogP) is 2.01. The van der Waals surface area contributed by atoms with Gasteiger partial charge in [-0.05, 0) is 13.0 Å². The lowest BCUT2D eigenvalue weighted by Crippen LogP contribution is -2.42. The molecule has 0 bridgehead atoms. The number of ether oxygens (including phenoxy) is 4. The van der Waals surface area contributed by atoms with E-state index >= 15 is 4.39 Å². The van der Waals surface area contributed by atoms with Gasteiger partial charge in [-0.25, -0.2) is 9.18 Å². The summed E-state index contributed by atoms with van der Waals surface area (Å²) in [7, 11) is 0. The molecule has 3 aliphatic rings. The molecule has 3 fully saturated rings. The highest BCUT2D eigenvalue weighted by molar-refractivity contribution is 6.00. The van der Waals surface area contributed by atoms with E-state index in [9.17, 15) is 4.79 Å². The lowest BCUT2D eigenvalue weighted by atomic mass is 10.1. The molecule has 0 spiro atoms. The van der Waals surface area contributed by atoms with Crippen molar-refractivity contribution < 1.29 is 37.5 Å². The molecule has 1 unspecified atom stereocenters. The number of benzene rings is 1. The van der Waals surface area contributed by atoms with Gasteiger partial charge in [0.25, 0.3) is 0 Å². The van der Waals surface area contributed by atoms with Crippen LogP contribution in [0, 0.1) is 5.82 Å². The van der Waals surface area contributed by atoms with Gasteiger partial charge in [-0.2, -0.15) is 0 Å². The molecule has 0 saturated carbocycles. The van der Waals surface area contributed by atoms with Gasteiger partial charge in [0.05, 0.1) is 43.5 Å². The van der Waals surface area contributed by atoms with E-state index in [1.54, 1.807) is 6.07 Å². The van der Waals surface area contributed by atoms with Gasteiger partial charge in [-0.3, -0.25) is 4.90 Å². The zero-order valence-corrected chi connectivity index (χ0v) is 16.5. The Morgan fingerprint density at radius 1 is 1.13 bits per heavy atom. The van der Waals surface area contributed by atoms with Crippen molar-refractivity contribution in [2.75, 3.05) is 55.9 Å². The third kappa shape index (κ3) is 3.48. The number of rotatable bonds is 3. The molecule has 30 heavy (non-hydrogen) atoms. The number of cyclic esters (lactones) is 1. The molecule has 1 aromatic heterocycles. The second-order valence-electron chi connectivity index (χ2n) is 6.98. The van der Waals surface area contributed by atoms with E-state index in [1.807, 2.05) is 18.6 Å². The van der Waals surface area contributed by atoms with Crippen LogP contribution >= 0.6 is 0 Å². The van der Waals surface area contributed by atoms with Gasteiger partial charge in [0.1, 0.15) is 13.4 Å². The van der Waals surface area contributed by atoms with E-state index in [-0.39, 0.29) is 24.1 Å². The Bertz CT molecular complexity index is 930. The molecule has 1 amide bonds. The van der Waals surface area contributed by atoms with Crippen LogP contribution in [0.4, 0.5) is 20.7 Å². The Morgan fingerprint density at radius 2 is 1.90 bits per heavy atom. The number of nitrogens with zero attached hydrogens (tertiary/aromatic N) is 3. The summed E-state index contributed by atoms with van der Waals surface area (Å²) in [6.45, 7) is 6.93. The SMILES string of the molecule is C=O.CC1CN(c2c(C3OCCO3)cc3c(N4CCOC4=O)noc3c2F)CCO1. The number of anilines is 2. The zero-order valence-electron chi connectivity index (χ0n) is 16.5. The third-order valence-electron chi connectivity index (χ3n) is 5.14. The summed E-state index contributed by atoms with van der Waals surface area (Å²) in [5.41, 5.74) is 0.903. The second-order valence-corrected chi connectivity index (χ2v) is 6.98. The fourth-order valence-electron chi connectivity index (χ4n) is 3.88. The normalized spacial score (nSPS) is 22.3. The van der Waals surface area contributed by atoms with Crippen LogP contribution in [0.25, 0.3) is 11.0 Å². The quantitative estimate of drug-likeness (QED) is 0.733. The molecule has 2 aromatic rings. The van der Waals surface area contributed by atoms with Crippen LogP contribution in [0.3, 0.4) is 0 Å². The van der Waals surface area contributed by atoms with Gasteiger partial charge >= 0.3 is 6.09 Å². The van der Waals surface area contributed by atoms with Crippen LogP contribution in [-0.4, -0.2) is 70.2 Å². The maximum atomic E-state index is 15.6. The maximum absolute atomic E-state index is 15.6. The van der Waals surface area contributed by atoms with Crippen LogP contribution in [-0.2, 0) is 23.7 Å². The summed E-state index contributed by atoms with van der Waals surface area (Å²) in [4.78, 5) is 23.2. The molecule has 1 atom stereocenters. The van der Waals surface area contributed by atoms with Crippen molar-refractivity contribution in [1.29, 1.82) is 0 Å². The highest BCUT2D eigenvalue weighted by Gasteiger charge is 2.35. The molecule has 0 N–H and O–H groups in total. The number of morpholine rings is 1. The number of halogens is 1. The minimum atomic E-state index is -0.694. The van der Waals surface area contributed by atoms with Gasteiger partial charge in [-0.15, -0.1) is 0 Å². The summed E-state index contributed by atoms with van der Waals surface area (Å²) in [6.07, 6.45) is -1.26. The lowest BCUT2D eigenvalue weighted by Gasteiger charge is -2.34. The molecule has 0 radical (unpaired) electrons. The lowest BCUT2D eigenvalue weighted by molar-refractivity contribution is -0.0980. The average Bonchev–Trinajstić information content (AvgIpc) is 3.50. The first kappa shape index (κ1) is 20.5. The van der Waals surface area contributed by atoms with Crippen molar-refractivity contribution >= 4 is 35.4 Å². The first-order valence-electron chi connectivity index (χ1n) is 9.58. The largest absolute Gasteiger partial charge is 0.447 e. The first-order valence-corrected chi connectivity index (χ1v) is 9.58. The van der Waals surface area contributed by atoms with Crippen LogP contribution in [0.5, 0.6) is 0 Å². The third-order valence-corrected chi connectivity index (χ3v) is 5.14. The number of fused-ring (bicyclic) bond motifs is 1. The van der Waals surface area contributed by atoms with Crippen molar-refractivity contribution in [2.45, 2.75) is 19.3 Å². The van der Waals surface area contributed by atoms with Crippen LogP contribution in [0.15, 0.2) is 10.6 Å². The highest BCUT2D eigenvalue weighted by Crippen LogP contribution is 2.41. The fourth-order valence-corrected chi connectivity index (χ4v) is 3.88. The Morgan fingerprint density at radius 3 is 2.57 bits per heavy atom. The summed E-state index contributed by atoms with van der Waals surface area (Å²) >= 11 is 0. The van der Waals surface area contributed by atoms with Gasteiger partial charge < -0.3 is 33.2 Å². The molecular weight excluding hydrogens is 401 g/mol. The molecule has 1 aromatic carbocycles. The number of amides is 1. The van der Waals surface area contributed by atoms with Crippen molar-refractivity contribution in [3.63, 3.8) is 0 Å². The maximum Gasteiger partial charge on any atom is 0.415 e. The van der Waals surface area contributed by atoms with Crippen LogP contribution in [0.2, 0.25) is 0 Å². The van der Waals surface area contributed by atoms with E-state index in [1.165, 1.54) is 4.90 Å². The molecule has 5 rings (SSSR count). The van der Waals surface area contributed by atoms with Gasteiger partial charge in [0.2, 0.25) is 5.58 Å². The molecule has 4 heterocycles. The van der Waals surface area contributed by atoms with Crippen molar-refractivity contribution in [2.24, 2.45) is 0 Å². The van der Waals surface area contributed by atoms with Crippen molar-refractivity contribution in [3.8, 4) is 0 Å². The number of aromatic nitrogens is 1. The van der Waals surface area contributed by atoms with Crippen LogP contribution in [0.1, 0.15) is 18.8 Å². The molecule has 162 valence electrons. The van der Waals surface area contributed by atoms with E-state index < -0.39 is 18.2 Å². The van der Waals surface area contributed by atoms with Crippen LogP contribution < -0.4 is 9.80 Å². The second kappa shape index (κ2) is 8.54. The van der Waals surface area contributed by atoms with E-state index in [2.05, 4.69) is 5.16 Å². The number of hydrogen-bond donors (Lipinski definition) is 0. The summed E-state index contributed by atoms with van der Waals surface area (Å²) in [6, 6.07) is 1.74. The Labute approximate surface area is 171 Å². The number of carbonyl (C=O) groups is 2. The average molecular weight is 423 g/mol. The predicted molar refractivity (Wildman–Crippen MR) is 102 cm³/mol. The highest BCUT2D eigenvalue weighted by atomic mass is 19.1. The molecule has 3 saturated heterocycles. The van der Waals surface area contributed by atoms with Crippen molar-refractivity contribution in [3.05, 3.63) is 17.4 Å². The Balaban J connectivity index is 0.00000106. The van der Waals surface area contributed by atoms with Gasteiger partial charge in [-0.1, -0.05) is 5.16 Å². The summed E-state index contributed by atoms with van der Waals surface area (Å²) in [5, 5.41) is 4.33. The molecule has 10 nitrogen and oxygen atoms in total. The monoisotopic (exact) mass is 423 g/mol. The Kier molecular flexibility index (Phi) is 5.84. The van der Waals surface area contributed by atoms with E-state index in [0.29, 0.717) is 56.1 Å². The van der Waals surface area contributed by atoms with E-state index in [0.717, 1.165) is 0 Å². The minimum absolute atomic E-state index is 0.00871. The summed E-state index contributed by atoms with van der Waals surface area (Å²) in [5.74, 6) is -0.315.